The largest absolute Gasteiger partial charge is 0.316 e. The molecule has 4 heteroatoms. The fourth-order valence-corrected chi connectivity index (χ4v) is 1.97. The van der Waals surface area contributed by atoms with Crippen molar-refractivity contribution in [1.29, 1.82) is 0 Å². The normalized spacial score (nSPS) is 16.1. The molecule has 12 heavy (non-hydrogen) atoms. The highest BCUT2D eigenvalue weighted by Gasteiger charge is 2.28. The van der Waals surface area contributed by atoms with Crippen LogP contribution in [-0.4, -0.2) is 10.9 Å². The van der Waals surface area contributed by atoms with Crippen molar-refractivity contribution in [1.82, 2.24) is 4.98 Å². The Bertz CT molecular complexity index is 304. The minimum atomic E-state index is -0.0128. The van der Waals surface area contributed by atoms with Crippen LogP contribution in [0.25, 0.3) is 0 Å². The lowest BCUT2D eigenvalue weighted by Gasteiger charge is -1.99. The number of anilines is 1. The van der Waals surface area contributed by atoms with Gasteiger partial charge in [-0.15, -0.1) is 11.3 Å². The van der Waals surface area contributed by atoms with E-state index in [-0.39, 0.29) is 5.91 Å². The second kappa shape index (κ2) is 2.86. The second-order valence-electron chi connectivity index (χ2n) is 3.02. The predicted molar refractivity (Wildman–Crippen MR) is 48.4 cm³/mol. The van der Waals surface area contributed by atoms with Crippen LogP contribution in [0.15, 0.2) is 5.51 Å². The highest BCUT2D eigenvalue weighted by atomic mass is 32.1. The molecule has 0 radical (unpaired) electrons. The number of carbonyl (C=O) groups is 1. The Balaban J connectivity index is 2.18. The van der Waals surface area contributed by atoms with E-state index in [1.54, 1.807) is 5.51 Å². The number of nitrogens with zero attached hydrogens (tertiary/aromatic N) is 1. The van der Waals surface area contributed by atoms with E-state index in [1.165, 1.54) is 31.1 Å². The molecule has 1 heterocycles. The van der Waals surface area contributed by atoms with E-state index in [4.69, 9.17) is 0 Å². The molecule has 3 nitrogen and oxygen atoms in total. The molecule has 0 aromatic carbocycles. The first-order chi connectivity index (χ1) is 5.77. The van der Waals surface area contributed by atoms with Crippen molar-refractivity contribution in [3.8, 4) is 0 Å². The SMILES string of the molecule is CC(=O)Nc1scnc1C1CC1. The Morgan fingerprint density at radius 1 is 1.75 bits per heavy atom. The summed E-state index contributed by atoms with van der Waals surface area (Å²) in [5.41, 5.74) is 2.87. The van der Waals surface area contributed by atoms with Gasteiger partial charge in [-0.1, -0.05) is 0 Å². The summed E-state index contributed by atoms with van der Waals surface area (Å²) in [6.07, 6.45) is 2.44. The summed E-state index contributed by atoms with van der Waals surface area (Å²) in [6, 6.07) is 0. The van der Waals surface area contributed by atoms with Gasteiger partial charge in [-0.3, -0.25) is 4.79 Å². The molecule has 0 unspecified atom stereocenters. The van der Waals surface area contributed by atoms with Crippen LogP contribution in [0.1, 0.15) is 31.4 Å². The lowest BCUT2D eigenvalue weighted by molar-refractivity contribution is -0.114. The number of amides is 1. The zero-order chi connectivity index (χ0) is 8.55. The van der Waals surface area contributed by atoms with Gasteiger partial charge in [-0.2, -0.15) is 0 Å². The maximum atomic E-state index is 10.8. The van der Waals surface area contributed by atoms with E-state index >= 15 is 0 Å². The average Bonchev–Trinajstić information content (AvgIpc) is 2.73. The van der Waals surface area contributed by atoms with Crippen LogP contribution >= 0.6 is 11.3 Å². The first-order valence-electron chi connectivity index (χ1n) is 3.98. The molecule has 1 saturated carbocycles. The number of rotatable bonds is 2. The molecule has 1 amide bonds. The van der Waals surface area contributed by atoms with E-state index < -0.39 is 0 Å². The molecule has 0 bridgehead atoms. The third-order valence-corrected chi connectivity index (χ3v) is 2.61. The summed E-state index contributed by atoms with van der Waals surface area (Å²) in [5, 5.41) is 3.73. The molecular weight excluding hydrogens is 172 g/mol. The monoisotopic (exact) mass is 182 g/mol. The summed E-state index contributed by atoms with van der Waals surface area (Å²) >= 11 is 1.50. The molecule has 1 aliphatic carbocycles. The topological polar surface area (TPSA) is 42.0 Å². The Hall–Kier alpha value is -0.900. The van der Waals surface area contributed by atoms with Gasteiger partial charge in [-0.25, -0.2) is 4.98 Å². The lowest BCUT2D eigenvalue weighted by Crippen LogP contribution is -2.05. The van der Waals surface area contributed by atoms with Crippen LogP contribution in [0, 0.1) is 0 Å². The molecular formula is C8H10N2OS. The van der Waals surface area contributed by atoms with Crippen LogP contribution in [0.4, 0.5) is 5.00 Å². The summed E-state index contributed by atoms with van der Waals surface area (Å²) < 4.78 is 0. The molecule has 0 spiro atoms. The van der Waals surface area contributed by atoms with Gasteiger partial charge in [0.2, 0.25) is 5.91 Å². The summed E-state index contributed by atoms with van der Waals surface area (Å²) in [5.74, 6) is 0.597. The Labute approximate surface area is 74.8 Å². The molecule has 1 aliphatic rings. The zero-order valence-electron chi connectivity index (χ0n) is 6.83. The maximum Gasteiger partial charge on any atom is 0.221 e. The average molecular weight is 182 g/mol. The third-order valence-electron chi connectivity index (χ3n) is 1.85. The summed E-state index contributed by atoms with van der Waals surface area (Å²) in [4.78, 5) is 15.0. The Morgan fingerprint density at radius 2 is 2.50 bits per heavy atom. The Kier molecular flexibility index (Phi) is 1.84. The minimum Gasteiger partial charge on any atom is -0.316 e. The molecule has 2 rings (SSSR count). The van der Waals surface area contributed by atoms with Crippen LogP contribution in [-0.2, 0) is 4.79 Å². The quantitative estimate of drug-likeness (QED) is 0.759. The first kappa shape index (κ1) is 7.73. The molecule has 0 aliphatic heterocycles. The molecule has 1 fully saturated rings. The maximum absolute atomic E-state index is 10.8. The van der Waals surface area contributed by atoms with E-state index in [0.717, 1.165) is 10.7 Å². The summed E-state index contributed by atoms with van der Waals surface area (Å²) in [7, 11) is 0. The van der Waals surface area contributed by atoms with Crippen LogP contribution < -0.4 is 5.32 Å². The smallest absolute Gasteiger partial charge is 0.221 e. The zero-order valence-corrected chi connectivity index (χ0v) is 7.65. The fraction of sp³-hybridized carbons (Fsp3) is 0.500. The third kappa shape index (κ3) is 1.48. The van der Waals surface area contributed by atoms with Crippen molar-refractivity contribution in [2.24, 2.45) is 0 Å². The number of hydrogen-bond acceptors (Lipinski definition) is 3. The van der Waals surface area contributed by atoms with Crippen molar-refractivity contribution in [2.75, 3.05) is 5.32 Å². The number of carbonyl (C=O) groups excluding carboxylic acids is 1. The molecule has 0 atom stereocenters. The van der Waals surface area contributed by atoms with Crippen molar-refractivity contribution >= 4 is 22.2 Å². The molecule has 1 N–H and O–H groups in total. The number of nitrogens with one attached hydrogen (secondary N) is 1. The minimum absolute atomic E-state index is 0.0128. The van der Waals surface area contributed by atoms with E-state index in [1.807, 2.05) is 0 Å². The van der Waals surface area contributed by atoms with Gasteiger partial charge < -0.3 is 5.32 Å². The van der Waals surface area contributed by atoms with Crippen LogP contribution in [0.5, 0.6) is 0 Å². The molecule has 0 saturated heterocycles. The highest BCUT2D eigenvalue weighted by Crippen LogP contribution is 2.43. The van der Waals surface area contributed by atoms with Gasteiger partial charge in [0.1, 0.15) is 5.00 Å². The summed E-state index contributed by atoms with van der Waals surface area (Å²) in [6.45, 7) is 1.52. The standard InChI is InChI=1S/C8H10N2OS/c1-5(11)10-8-7(6-2-3-6)9-4-12-8/h4,6H,2-3H2,1H3,(H,10,11). The van der Waals surface area contributed by atoms with Crippen molar-refractivity contribution in [2.45, 2.75) is 25.7 Å². The van der Waals surface area contributed by atoms with Crippen molar-refractivity contribution < 1.29 is 4.79 Å². The van der Waals surface area contributed by atoms with Crippen LogP contribution in [0.2, 0.25) is 0 Å². The first-order valence-corrected chi connectivity index (χ1v) is 4.86. The predicted octanol–water partition coefficient (Wildman–Crippen LogP) is 1.98. The molecule has 1 aromatic rings. The van der Waals surface area contributed by atoms with Crippen molar-refractivity contribution in [3.63, 3.8) is 0 Å². The van der Waals surface area contributed by atoms with E-state index in [2.05, 4.69) is 10.3 Å². The van der Waals surface area contributed by atoms with Gasteiger partial charge in [-0.05, 0) is 12.8 Å². The van der Waals surface area contributed by atoms with E-state index in [9.17, 15) is 4.79 Å². The number of aromatic nitrogens is 1. The number of hydrogen-bond donors (Lipinski definition) is 1. The lowest BCUT2D eigenvalue weighted by atomic mass is 10.3. The molecule has 1 aromatic heterocycles. The van der Waals surface area contributed by atoms with Gasteiger partial charge in [0, 0.05) is 12.8 Å². The van der Waals surface area contributed by atoms with Gasteiger partial charge >= 0.3 is 0 Å². The van der Waals surface area contributed by atoms with Crippen molar-refractivity contribution in [3.05, 3.63) is 11.2 Å². The Morgan fingerprint density at radius 3 is 3.08 bits per heavy atom. The molecule has 64 valence electrons. The van der Waals surface area contributed by atoms with Crippen LogP contribution in [0.3, 0.4) is 0 Å². The highest BCUT2D eigenvalue weighted by molar-refractivity contribution is 7.14. The van der Waals surface area contributed by atoms with E-state index in [0.29, 0.717) is 5.92 Å². The fourth-order valence-electron chi connectivity index (χ4n) is 1.16. The van der Waals surface area contributed by atoms with Gasteiger partial charge in [0.05, 0.1) is 11.2 Å². The second-order valence-corrected chi connectivity index (χ2v) is 3.88. The van der Waals surface area contributed by atoms with Gasteiger partial charge in [0.15, 0.2) is 0 Å². The van der Waals surface area contributed by atoms with Gasteiger partial charge in [0.25, 0.3) is 0 Å². The number of thiazole rings is 1.